The zero-order valence-electron chi connectivity index (χ0n) is 6.73. The Morgan fingerprint density at radius 1 is 1.25 bits per heavy atom. The van der Waals surface area contributed by atoms with Crippen LogP contribution in [0.5, 0.6) is 0 Å². The van der Waals surface area contributed by atoms with Crippen molar-refractivity contribution in [2.45, 2.75) is 19.3 Å². The second kappa shape index (κ2) is 7.57. The van der Waals surface area contributed by atoms with Crippen molar-refractivity contribution in [3.05, 3.63) is 0 Å². The third kappa shape index (κ3) is 8.03. The van der Waals surface area contributed by atoms with Gasteiger partial charge >= 0.3 is 6.09 Å². The highest BCUT2D eigenvalue weighted by Crippen LogP contribution is 1.96. The molecule has 0 atom stereocenters. The summed E-state index contributed by atoms with van der Waals surface area (Å²) in [7, 11) is 0. The molecule has 2 N–H and O–H groups in total. The van der Waals surface area contributed by atoms with Gasteiger partial charge in [-0.25, -0.2) is 4.79 Å². The van der Waals surface area contributed by atoms with Crippen LogP contribution in [0.3, 0.4) is 0 Å². The fraction of sp³-hybridized carbons (Fsp3) is 0.833. The Kier molecular flexibility index (Phi) is 7.53. The molecule has 1 saturated heterocycles. The Labute approximate surface area is 83.4 Å². The summed E-state index contributed by atoms with van der Waals surface area (Å²) in [4.78, 5) is 9.47. The van der Waals surface area contributed by atoms with Crippen LogP contribution in [0.4, 0.5) is 4.79 Å². The van der Waals surface area contributed by atoms with Crippen molar-refractivity contribution in [1.29, 1.82) is 0 Å². The van der Waals surface area contributed by atoms with E-state index in [9.17, 15) is 4.79 Å². The molecule has 72 valence electrons. The number of carbonyl (C=O) groups is 1. The fourth-order valence-electron chi connectivity index (χ4n) is 0.802. The predicted octanol–water partition coefficient (Wildman–Crippen LogP) is 1.42. The molecule has 1 fully saturated rings. The summed E-state index contributed by atoms with van der Waals surface area (Å²) in [6, 6.07) is 0. The fourth-order valence-corrected chi connectivity index (χ4v) is 0.802. The van der Waals surface area contributed by atoms with Gasteiger partial charge < -0.3 is 10.4 Å². The SMILES string of the molecule is C1CCNCC1.O=C(O)N(S)S. The highest BCUT2D eigenvalue weighted by molar-refractivity contribution is 7.94. The zero-order valence-corrected chi connectivity index (χ0v) is 8.52. The van der Waals surface area contributed by atoms with E-state index in [-0.39, 0.29) is 0 Å². The van der Waals surface area contributed by atoms with Gasteiger partial charge in [0.2, 0.25) is 0 Å². The van der Waals surface area contributed by atoms with Gasteiger partial charge in [0.25, 0.3) is 0 Å². The average Bonchev–Trinajstić information content (AvgIpc) is 2.08. The third-order valence-corrected chi connectivity index (χ3v) is 1.72. The highest BCUT2D eigenvalue weighted by atomic mass is 32.2. The van der Waals surface area contributed by atoms with Crippen LogP contribution in [0.25, 0.3) is 0 Å². The van der Waals surface area contributed by atoms with Crippen molar-refractivity contribution >= 4 is 31.7 Å². The third-order valence-electron chi connectivity index (χ3n) is 1.38. The van der Waals surface area contributed by atoms with Crippen molar-refractivity contribution in [1.82, 2.24) is 9.03 Å². The number of rotatable bonds is 0. The van der Waals surface area contributed by atoms with E-state index in [0.717, 1.165) is 0 Å². The van der Waals surface area contributed by atoms with Crippen LogP contribution in [0, 0.1) is 0 Å². The molecule has 1 rings (SSSR count). The molecule has 0 bridgehead atoms. The molecule has 0 aromatic carbocycles. The van der Waals surface area contributed by atoms with Crippen molar-refractivity contribution in [3.63, 3.8) is 0 Å². The number of hydrogen-bond acceptors (Lipinski definition) is 4. The minimum atomic E-state index is -1.18. The summed E-state index contributed by atoms with van der Waals surface area (Å²) in [6.07, 6.45) is 3.04. The summed E-state index contributed by atoms with van der Waals surface area (Å²) < 4.78 is 0.472. The lowest BCUT2D eigenvalue weighted by atomic mass is 10.2. The monoisotopic (exact) mass is 210 g/mol. The number of amides is 1. The summed E-state index contributed by atoms with van der Waals surface area (Å²) in [5.74, 6) is 0. The minimum absolute atomic E-state index is 0.472. The van der Waals surface area contributed by atoms with Crippen molar-refractivity contribution in [3.8, 4) is 0 Å². The first-order valence-corrected chi connectivity index (χ1v) is 4.56. The standard InChI is InChI=1S/C5H11N.CH3NO2S2/c1-2-4-6-5-3-1;3-1(4)2(5)6/h6H,1-5H2;5-6H,(H,3,4). The molecule has 4 nitrogen and oxygen atoms in total. The van der Waals surface area contributed by atoms with E-state index in [1.807, 2.05) is 0 Å². The maximum absolute atomic E-state index is 9.47. The average molecular weight is 210 g/mol. The Hall–Kier alpha value is -0.0700. The molecule has 1 amide bonds. The van der Waals surface area contributed by atoms with Gasteiger partial charge in [-0.3, -0.25) is 0 Å². The minimum Gasteiger partial charge on any atom is -0.464 e. The Morgan fingerprint density at radius 3 is 1.75 bits per heavy atom. The lowest BCUT2D eigenvalue weighted by Gasteiger charge is -2.08. The number of thiol groups is 2. The number of carboxylic acid groups (broad SMARTS) is 1. The van der Waals surface area contributed by atoms with Crippen molar-refractivity contribution in [2.75, 3.05) is 13.1 Å². The second-order valence-electron chi connectivity index (χ2n) is 2.38. The molecule has 0 aromatic heterocycles. The molecular formula is C6H14N2O2S2. The quantitative estimate of drug-likeness (QED) is 0.457. The molecule has 12 heavy (non-hydrogen) atoms. The number of nitrogens with zero attached hydrogens (tertiary/aromatic N) is 1. The molecule has 0 saturated carbocycles. The first-order chi connectivity index (χ1) is 5.64. The van der Waals surface area contributed by atoms with Crippen LogP contribution in [-0.4, -0.2) is 28.0 Å². The summed E-state index contributed by atoms with van der Waals surface area (Å²) in [5.41, 5.74) is 0. The molecule has 0 unspecified atom stereocenters. The first-order valence-electron chi connectivity index (χ1n) is 3.76. The summed E-state index contributed by atoms with van der Waals surface area (Å²) in [5, 5.41) is 11.0. The van der Waals surface area contributed by atoms with Gasteiger partial charge in [0, 0.05) is 0 Å². The molecule has 1 aliphatic rings. The molecule has 0 aliphatic carbocycles. The van der Waals surface area contributed by atoms with E-state index in [0.29, 0.717) is 3.71 Å². The topological polar surface area (TPSA) is 52.6 Å². The lowest BCUT2D eigenvalue weighted by Crippen LogP contribution is -2.21. The van der Waals surface area contributed by atoms with Gasteiger partial charge in [0.1, 0.15) is 0 Å². The van der Waals surface area contributed by atoms with Gasteiger partial charge in [-0.1, -0.05) is 6.42 Å². The van der Waals surface area contributed by atoms with Gasteiger partial charge in [-0.15, -0.1) is 0 Å². The molecular weight excluding hydrogens is 196 g/mol. The molecule has 0 radical (unpaired) electrons. The maximum Gasteiger partial charge on any atom is 0.427 e. The Morgan fingerprint density at radius 2 is 1.67 bits per heavy atom. The highest BCUT2D eigenvalue weighted by Gasteiger charge is 1.95. The smallest absolute Gasteiger partial charge is 0.427 e. The van der Waals surface area contributed by atoms with E-state index in [2.05, 4.69) is 30.9 Å². The molecule has 1 aliphatic heterocycles. The van der Waals surface area contributed by atoms with Crippen molar-refractivity contribution in [2.24, 2.45) is 0 Å². The van der Waals surface area contributed by atoms with Gasteiger partial charge in [-0.2, -0.15) is 3.71 Å². The Bertz CT molecular complexity index is 117. The first kappa shape index (κ1) is 11.9. The predicted molar refractivity (Wildman–Crippen MR) is 54.6 cm³/mol. The van der Waals surface area contributed by atoms with E-state index >= 15 is 0 Å². The number of piperidine rings is 1. The van der Waals surface area contributed by atoms with Crippen LogP contribution < -0.4 is 5.32 Å². The lowest BCUT2D eigenvalue weighted by molar-refractivity contribution is 0.191. The van der Waals surface area contributed by atoms with E-state index < -0.39 is 6.09 Å². The summed E-state index contributed by atoms with van der Waals surface area (Å²) in [6.45, 7) is 2.50. The maximum atomic E-state index is 9.47. The van der Waals surface area contributed by atoms with Crippen molar-refractivity contribution < 1.29 is 9.90 Å². The second-order valence-corrected chi connectivity index (χ2v) is 3.50. The van der Waals surface area contributed by atoms with Crippen LogP contribution >= 0.6 is 25.6 Å². The molecule has 0 aromatic rings. The van der Waals surface area contributed by atoms with Crippen LogP contribution in [-0.2, 0) is 0 Å². The number of nitrogens with one attached hydrogen (secondary N) is 1. The van der Waals surface area contributed by atoms with Gasteiger partial charge in [0.05, 0.1) is 0 Å². The van der Waals surface area contributed by atoms with Crippen LogP contribution in [0.2, 0.25) is 0 Å². The molecule has 6 heteroatoms. The van der Waals surface area contributed by atoms with Crippen LogP contribution in [0.1, 0.15) is 19.3 Å². The van der Waals surface area contributed by atoms with Gasteiger partial charge in [-0.05, 0) is 51.6 Å². The normalized spacial score (nSPS) is 15.8. The van der Waals surface area contributed by atoms with Gasteiger partial charge in [0.15, 0.2) is 0 Å². The van der Waals surface area contributed by atoms with E-state index in [1.54, 1.807) is 0 Å². The van der Waals surface area contributed by atoms with E-state index in [4.69, 9.17) is 5.11 Å². The molecule has 0 spiro atoms. The molecule has 1 heterocycles. The summed E-state index contributed by atoms with van der Waals surface area (Å²) >= 11 is 6.58. The number of hydrogen-bond donors (Lipinski definition) is 4. The zero-order chi connectivity index (χ0) is 9.40. The van der Waals surface area contributed by atoms with E-state index in [1.165, 1.54) is 32.4 Å². The Balaban J connectivity index is 0.000000202. The largest absolute Gasteiger partial charge is 0.464 e. The van der Waals surface area contributed by atoms with Crippen LogP contribution in [0.15, 0.2) is 0 Å².